The number of nitrogens with one attached hydrogen (secondary N) is 1. The average Bonchev–Trinajstić information content (AvgIpc) is 2.91. The Kier molecular flexibility index (Phi) is 5.06. The molecule has 2 aromatic rings. The number of benzene rings is 1. The molecule has 0 atom stereocenters. The van der Waals surface area contributed by atoms with Gasteiger partial charge >= 0.3 is 5.97 Å². The fourth-order valence-electron chi connectivity index (χ4n) is 1.44. The van der Waals surface area contributed by atoms with Gasteiger partial charge in [-0.3, -0.25) is 4.79 Å². The first-order chi connectivity index (χ1) is 9.97. The molecule has 21 heavy (non-hydrogen) atoms. The molecule has 0 bridgehead atoms. The molecule has 1 heterocycles. The molecule has 0 aliphatic rings. The van der Waals surface area contributed by atoms with Gasteiger partial charge in [-0.25, -0.2) is 4.79 Å². The SMILES string of the molecule is O=C(COc1csc(C(=O)O)c1)Nc1cccc(Cl)c1Cl. The molecule has 5 nitrogen and oxygen atoms in total. The smallest absolute Gasteiger partial charge is 0.346 e. The van der Waals surface area contributed by atoms with Gasteiger partial charge in [0.2, 0.25) is 0 Å². The van der Waals surface area contributed by atoms with Crippen molar-refractivity contribution < 1.29 is 19.4 Å². The third kappa shape index (κ3) is 4.10. The number of carbonyl (C=O) groups is 2. The number of carboxylic acid groups (broad SMARTS) is 1. The number of halogens is 2. The van der Waals surface area contributed by atoms with Gasteiger partial charge in [0.15, 0.2) is 6.61 Å². The molecule has 1 amide bonds. The Balaban J connectivity index is 1.92. The highest BCUT2D eigenvalue weighted by Gasteiger charge is 2.11. The van der Waals surface area contributed by atoms with Crippen molar-refractivity contribution >= 4 is 52.1 Å². The van der Waals surface area contributed by atoms with E-state index in [-0.39, 0.29) is 16.5 Å². The summed E-state index contributed by atoms with van der Waals surface area (Å²) in [6.07, 6.45) is 0. The van der Waals surface area contributed by atoms with E-state index in [4.69, 9.17) is 33.0 Å². The second-order valence-electron chi connectivity index (χ2n) is 3.89. The van der Waals surface area contributed by atoms with Crippen LogP contribution in [-0.2, 0) is 4.79 Å². The number of hydrogen-bond acceptors (Lipinski definition) is 4. The number of carbonyl (C=O) groups excluding carboxylic acids is 1. The molecule has 1 aromatic heterocycles. The lowest BCUT2D eigenvalue weighted by Gasteiger charge is -2.08. The summed E-state index contributed by atoms with van der Waals surface area (Å²) < 4.78 is 5.20. The van der Waals surface area contributed by atoms with Crippen molar-refractivity contribution in [2.75, 3.05) is 11.9 Å². The summed E-state index contributed by atoms with van der Waals surface area (Å²) in [6.45, 7) is -0.265. The Morgan fingerprint density at radius 1 is 1.33 bits per heavy atom. The van der Waals surface area contributed by atoms with Gasteiger partial charge in [0, 0.05) is 11.4 Å². The lowest BCUT2D eigenvalue weighted by molar-refractivity contribution is -0.118. The maximum absolute atomic E-state index is 11.7. The normalized spacial score (nSPS) is 10.2. The Morgan fingerprint density at radius 2 is 2.10 bits per heavy atom. The van der Waals surface area contributed by atoms with E-state index in [1.54, 1.807) is 18.2 Å². The van der Waals surface area contributed by atoms with E-state index < -0.39 is 11.9 Å². The van der Waals surface area contributed by atoms with Crippen molar-refractivity contribution in [3.63, 3.8) is 0 Å². The van der Waals surface area contributed by atoms with E-state index in [1.807, 2.05) is 0 Å². The van der Waals surface area contributed by atoms with Crippen LogP contribution in [0.4, 0.5) is 5.69 Å². The highest BCUT2D eigenvalue weighted by molar-refractivity contribution is 7.12. The van der Waals surface area contributed by atoms with Gasteiger partial charge in [-0.1, -0.05) is 29.3 Å². The van der Waals surface area contributed by atoms with Crippen LogP contribution in [0.3, 0.4) is 0 Å². The number of ether oxygens (including phenoxy) is 1. The Labute approximate surface area is 134 Å². The fraction of sp³-hybridized carbons (Fsp3) is 0.0769. The predicted molar refractivity (Wildman–Crippen MR) is 81.9 cm³/mol. The molecular formula is C13H9Cl2NO4S. The fourth-order valence-corrected chi connectivity index (χ4v) is 2.45. The van der Waals surface area contributed by atoms with Gasteiger partial charge in [0.05, 0.1) is 15.7 Å². The number of thiophene rings is 1. The van der Waals surface area contributed by atoms with Crippen molar-refractivity contribution in [3.05, 3.63) is 44.6 Å². The number of hydrogen-bond donors (Lipinski definition) is 2. The van der Waals surface area contributed by atoms with E-state index in [0.29, 0.717) is 16.5 Å². The molecule has 0 unspecified atom stereocenters. The summed E-state index contributed by atoms with van der Waals surface area (Å²) in [7, 11) is 0. The molecule has 1 aromatic carbocycles. The Hall–Kier alpha value is -1.76. The summed E-state index contributed by atoms with van der Waals surface area (Å²) in [6, 6.07) is 6.23. The van der Waals surface area contributed by atoms with Crippen molar-refractivity contribution in [2.45, 2.75) is 0 Å². The van der Waals surface area contributed by atoms with E-state index in [2.05, 4.69) is 5.32 Å². The van der Waals surface area contributed by atoms with Crippen LogP contribution in [0, 0.1) is 0 Å². The third-order valence-electron chi connectivity index (χ3n) is 2.38. The Morgan fingerprint density at radius 3 is 2.76 bits per heavy atom. The van der Waals surface area contributed by atoms with Crippen LogP contribution >= 0.6 is 34.5 Å². The Bertz CT molecular complexity index is 687. The van der Waals surface area contributed by atoms with Gasteiger partial charge in [-0.2, -0.15) is 0 Å². The van der Waals surface area contributed by atoms with Crippen LogP contribution < -0.4 is 10.1 Å². The van der Waals surface area contributed by atoms with E-state index >= 15 is 0 Å². The highest BCUT2D eigenvalue weighted by Crippen LogP contribution is 2.29. The molecule has 2 N–H and O–H groups in total. The number of rotatable bonds is 5. The second kappa shape index (κ2) is 6.80. The van der Waals surface area contributed by atoms with Crippen molar-refractivity contribution in [1.29, 1.82) is 0 Å². The first kappa shape index (κ1) is 15.6. The van der Waals surface area contributed by atoms with Gasteiger partial charge in [0.1, 0.15) is 10.6 Å². The molecule has 110 valence electrons. The molecule has 0 aliphatic carbocycles. The molecular weight excluding hydrogens is 337 g/mol. The molecule has 0 saturated carbocycles. The molecule has 2 rings (SSSR count). The lowest BCUT2D eigenvalue weighted by Crippen LogP contribution is -2.20. The van der Waals surface area contributed by atoms with Crippen LogP contribution in [-0.4, -0.2) is 23.6 Å². The summed E-state index contributed by atoms with van der Waals surface area (Å²) in [4.78, 5) is 22.6. The van der Waals surface area contributed by atoms with E-state index in [0.717, 1.165) is 11.3 Å². The second-order valence-corrected chi connectivity index (χ2v) is 5.59. The van der Waals surface area contributed by atoms with Crippen LogP contribution in [0.2, 0.25) is 10.0 Å². The summed E-state index contributed by atoms with van der Waals surface area (Å²) in [5, 5.41) is 13.4. The zero-order valence-electron chi connectivity index (χ0n) is 10.4. The number of amides is 1. The summed E-state index contributed by atoms with van der Waals surface area (Å²) >= 11 is 12.8. The minimum atomic E-state index is -1.04. The first-order valence-electron chi connectivity index (χ1n) is 5.66. The van der Waals surface area contributed by atoms with E-state index in [1.165, 1.54) is 11.4 Å². The van der Waals surface area contributed by atoms with Gasteiger partial charge in [-0.05, 0) is 12.1 Å². The molecule has 0 fully saturated rings. The van der Waals surface area contributed by atoms with Crippen molar-refractivity contribution in [2.24, 2.45) is 0 Å². The summed E-state index contributed by atoms with van der Waals surface area (Å²) in [5.74, 6) is -1.14. The van der Waals surface area contributed by atoms with Crippen LogP contribution in [0.1, 0.15) is 9.67 Å². The number of carboxylic acids is 1. The molecule has 0 aliphatic heterocycles. The third-order valence-corrected chi connectivity index (χ3v) is 4.10. The standard InChI is InChI=1S/C13H9Cl2NO4S/c14-8-2-1-3-9(12(8)15)16-11(17)5-20-7-4-10(13(18)19)21-6-7/h1-4,6H,5H2,(H,16,17)(H,18,19). The lowest BCUT2D eigenvalue weighted by atomic mass is 10.3. The van der Waals surface area contributed by atoms with Crippen LogP contribution in [0.5, 0.6) is 5.75 Å². The molecule has 8 heteroatoms. The zero-order valence-corrected chi connectivity index (χ0v) is 12.8. The predicted octanol–water partition coefficient (Wildman–Crippen LogP) is 3.77. The summed E-state index contributed by atoms with van der Waals surface area (Å²) in [5.41, 5.74) is 0.384. The van der Waals surface area contributed by atoms with Crippen LogP contribution in [0.25, 0.3) is 0 Å². The maximum atomic E-state index is 11.7. The maximum Gasteiger partial charge on any atom is 0.346 e. The van der Waals surface area contributed by atoms with Gasteiger partial charge in [-0.15, -0.1) is 11.3 Å². The van der Waals surface area contributed by atoms with Gasteiger partial charge in [0.25, 0.3) is 5.91 Å². The number of aromatic carboxylic acids is 1. The minimum Gasteiger partial charge on any atom is -0.483 e. The quantitative estimate of drug-likeness (QED) is 0.864. The van der Waals surface area contributed by atoms with Crippen molar-refractivity contribution in [1.82, 2.24) is 0 Å². The molecule has 0 spiro atoms. The largest absolute Gasteiger partial charge is 0.483 e. The van der Waals surface area contributed by atoms with E-state index in [9.17, 15) is 9.59 Å². The first-order valence-corrected chi connectivity index (χ1v) is 7.29. The van der Waals surface area contributed by atoms with Gasteiger partial charge < -0.3 is 15.2 Å². The molecule has 0 radical (unpaired) electrons. The highest BCUT2D eigenvalue weighted by atomic mass is 35.5. The average molecular weight is 346 g/mol. The monoisotopic (exact) mass is 345 g/mol. The number of anilines is 1. The zero-order chi connectivity index (χ0) is 15.4. The van der Waals surface area contributed by atoms with Crippen molar-refractivity contribution in [3.8, 4) is 5.75 Å². The molecule has 0 saturated heterocycles. The topological polar surface area (TPSA) is 75.6 Å². The minimum absolute atomic E-state index is 0.142. The van der Waals surface area contributed by atoms with Crippen LogP contribution in [0.15, 0.2) is 29.6 Å².